The van der Waals surface area contributed by atoms with E-state index in [2.05, 4.69) is 69.8 Å². The topological polar surface area (TPSA) is 12.0 Å². The number of alkyl halides is 1. The SMILES string of the molecule is ClC1Cc2ccccc2C1NCc1ccc(Br)cc1. The van der Waals surface area contributed by atoms with Gasteiger partial charge in [0.1, 0.15) is 0 Å². The number of benzene rings is 2. The van der Waals surface area contributed by atoms with Gasteiger partial charge in [0.2, 0.25) is 0 Å². The summed E-state index contributed by atoms with van der Waals surface area (Å²) in [5, 5.41) is 3.72. The average molecular weight is 337 g/mol. The molecule has 0 amide bonds. The maximum absolute atomic E-state index is 6.47. The molecule has 0 aliphatic heterocycles. The Balaban J connectivity index is 1.72. The van der Waals surface area contributed by atoms with Gasteiger partial charge in [-0.1, -0.05) is 52.3 Å². The molecule has 0 spiro atoms. The fourth-order valence-corrected chi connectivity index (χ4v) is 3.27. The molecule has 0 aromatic heterocycles. The van der Waals surface area contributed by atoms with Gasteiger partial charge in [-0.25, -0.2) is 0 Å². The van der Waals surface area contributed by atoms with Crippen LogP contribution < -0.4 is 5.32 Å². The fourth-order valence-electron chi connectivity index (χ4n) is 2.61. The van der Waals surface area contributed by atoms with Crippen molar-refractivity contribution < 1.29 is 0 Å². The highest BCUT2D eigenvalue weighted by molar-refractivity contribution is 9.10. The van der Waals surface area contributed by atoms with Crippen molar-refractivity contribution in [1.82, 2.24) is 5.32 Å². The van der Waals surface area contributed by atoms with Crippen molar-refractivity contribution in [3.8, 4) is 0 Å². The second-order valence-corrected chi connectivity index (χ2v) is 6.38. The minimum absolute atomic E-state index is 0.146. The molecule has 98 valence electrons. The van der Waals surface area contributed by atoms with E-state index in [0.29, 0.717) is 0 Å². The lowest BCUT2D eigenvalue weighted by Gasteiger charge is -2.17. The molecule has 1 aliphatic carbocycles. The zero-order valence-electron chi connectivity index (χ0n) is 10.4. The molecule has 2 aromatic rings. The van der Waals surface area contributed by atoms with Crippen molar-refractivity contribution >= 4 is 27.5 Å². The summed E-state index contributed by atoms with van der Waals surface area (Å²) in [6, 6.07) is 17.2. The molecule has 3 rings (SSSR count). The molecular formula is C16H15BrClN. The smallest absolute Gasteiger partial charge is 0.0571 e. The number of rotatable bonds is 3. The minimum Gasteiger partial charge on any atom is -0.305 e. The predicted molar refractivity (Wildman–Crippen MR) is 83.5 cm³/mol. The summed E-state index contributed by atoms with van der Waals surface area (Å²) >= 11 is 9.92. The Labute approximate surface area is 127 Å². The van der Waals surface area contributed by atoms with Gasteiger partial charge in [-0.3, -0.25) is 0 Å². The third-order valence-corrected chi connectivity index (χ3v) is 4.54. The van der Waals surface area contributed by atoms with Gasteiger partial charge < -0.3 is 5.32 Å². The summed E-state index contributed by atoms with van der Waals surface area (Å²) in [6.45, 7) is 0.843. The Morgan fingerprint density at radius 2 is 1.84 bits per heavy atom. The van der Waals surface area contributed by atoms with E-state index in [1.807, 2.05) is 0 Å². The van der Waals surface area contributed by atoms with Crippen molar-refractivity contribution in [2.24, 2.45) is 0 Å². The van der Waals surface area contributed by atoms with E-state index >= 15 is 0 Å². The zero-order chi connectivity index (χ0) is 13.2. The summed E-state index contributed by atoms with van der Waals surface area (Å²) in [4.78, 5) is 0. The van der Waals surface area contributed by atoms with Gasteiger partial charge in [0.15, 0.2) is 0 Å². The maximum Gasteiger partial charge on any atom is 0.0571 e. The van der Waals surface area contributed by atoms with E-state index in [4.69, 9.17) is 11.6 Å². The van der Waals surface area contributed by atoms with Crippen LogP contribution in [0.5, 0.6) is 0 Å². The van der Waals surface area contributed by atoms with Crippen LogP contribution in [0.3, 0.4) is 0 Å². The molecule has 1 N–H and O–H groups in total. The molecule has 0 heterocycles. The summed E-state index contributed by atoms with van der Waals surface area (Å²) < 4.78 is 1.11. The lowest BCUT2D eigenvalue weighted by molar-refractivity contribution is 0.536. The molecule has 3 heteroatoms. The average Bonchev–Trinajstić information content (AvgIpc) is 2.74. The van der Waals surface area contributed by atoms with Crippen molar-refractivity contribution in [1.29, 1.82) is 0 Å². The van der Waals surface area contributed by atoms with Crippen LogP contribution in [-0.4, -0.2) is 5.38 Å². The van der Waals surface area contributed by atoms with Gasteiger partial charge in [-0.05, 0) is 35.2 Å². The summed E-state index contributed by atoms with van der Waals surface area (Å²) in [6.07, 6.45) is 0.954. The van der Waals surface area contributed by atoms with Crippen LogP contribution >= 0.6 is 27.5 Å². The van der Waals surface area contributed by atoms with Gasteiger partial charge in [0, 0.05) is 17.1 Å². The highest BCUT2D eigenvalue weighted by Crippen LogP contribution is 2.34. The minimum atomic E-state index is 0.146. The molecule has 2 aromatic carbocycles. The molecule has 2 unspecified atom stereocenters. The molecule has 0 radical (unpaired) electrons. The largest absolute Gasteiger partial charge is 0.305 e. The van der Waals surface area contributed by atoms with Crippen LogP contribution in [0.25, 0.3) is 0 Å². The van der Waals surface area contributed by atoms with E-state index in [0.717, 1.165) is 17.4 Å². The number of halogens is 2. The molecular weight excluding hydrogens is 322 g/mol. The van der Waals surface area contributed by atoms with Crippen molar-refractivity contribution in [2.75, 3.05) is 0 Å². The lowest BCUT2D eigenvalue weighted by Crippen LogP contribution is -2.25. The zero-order valence-corrected chi connectivity index (χ0v) is 12.8. The van der Waals surface area contributed by atoms with Crippen LogP contribution in [0.15, 0.2) is 53.0 Å². The quantitative estimate of drug-likeness (QED) is 0.817. The van der Waals surface area contributed by atoms with Crippen LogP contribution in [0.1, 0.15) is 22.7 Å². The Bertz CT molecular complexity index is 567. The highest BCUT2D eigenvalue weighted by atomic mass is 79.9. The Morgan fingerprint density at radius 1 is 1.11 bits per heavy atom. The first-order valence-corrected chi connectivity index (χ1v) is 7.66. The first-order valence-electron chi connectivity index (χ1n) is 6.44. The fraction of sp³-hybridized carbons (Fsp3) is 0.250. The third kappa shape index (κ3) is 2.86. The first-order chi connectivity index (χ1) is 9.24. The van der Waals surface area contributed by atoms with Crippen molar-refractivity contribution in [3.05, 3.63) is 69.7 Å². The van der Waals surface area contributed by atoms with E-state index in [1.54, 1.807) is 0 Å². The summed E-state index contributed by atoms with van der Waals surface area (Å²) in [5.41, 5.74) is 3.99. The van der Waals surface area contributed by atoms with Crippen LogP contribution in [0.4, 0.5) is 0 Å². The van der Waals surface area contributed by atoms with Crippen LogP contribution in [0.2, 0.25) is 0 Å². The summed E-state index contributed by atoms with van der Waals surface area (Å²) in [5.74, 6) is 0. The Kier molecular flexibility index (Phi) is 3.92. The number of nitrogens with one attached hydrogen (secondary N) is 1. The van der Waals surface area contributed by atoms with Gasteiger partial charge in [-0.15, -0.1) is 11.6 Å². The van der Waals surface area contributed by atoms with Gasteiger partial charge in [0.25, 0.3) is 0 Å². The standard InChI is InChI=1S/C16H15BrClN/c17-13-7-5-11(6-8-13)10-19-16-14-4-2-1-3-12(14)9-15(16)18/h1-8,15-16,19H,9-10H2. The van der Waals surface area contributed by atoms with Gasteiger partial charge in [-0.2, -0.15) is 0 Å². The van der Waals surface area contributed by atoms with Crippen LogP contribution in [0, 0.1) is 0 Å². The Hall–Kier alpha value is -0.830. The van der Waals surface area contributed by atoms with E-state index < -0.39 is 0 Å². The second kappa shape index (κ2) is 5.66. The molecule has 0 fully saturated rings. The van der Waals surface area contributed by atoms with Gasteiger partial charge >= 0.3 is 0 Å². The van der Waals surface area contributed by atoms with E-state index in [-0.39, 0.29) is 11.4 Å². The van der Waals surface area contributed by atoms with E-state index in [1.165, 1.54) is 16.7 Å². The maximum atomic E-state index is 6.47. The number of hydrogen-bond acceptors (Lipinski definition) is 1. The van der Waals surface area contributed by atoms with Gasteiger partial charge in [0.05, 0.1) is 5.38 Å². The number of hydrogen-bond donors (Lipinski definition) is 1. The van der Waals surface area contributed by atoms with Crippen molar-refractivity contribution in [2.45, 2.75) is 24.4 Å². The Morgan fingerprint density at radius 3 is 2.63 bits per heavy atom. The highest BCUT2D eigenvalue weighted by Gasteiger charge is 2.29. The molecule has 1 aliphatic rings. The monoisotopic (exact) mass is 335 g/mol. The molecule has 2 atom stereocenters. The number of fused-ring (bicyclic) bond motifs is 1. The first kappa shape index (κ1) is 13.2. The normalized spacial score (nSPS) is 21.4. The molecule has 19 heavy (non-hydrogen) atoms. The second-order valence-electron chi connectivity index (χ2n) is 4.90. The molecule has 0 bridgehead atoms. The third-order valence-electron chi connectivity index (χ3n) is 3.61. The molecule has 1 nitrogen and oxygen atoms in total. The molecule has 0 saturated heterocycles. The van der Waals surface area contributed by atoms with Crippen LogP contribution in [-0.2, 0) is 13.0 Å². The summed E-state index contributed by atoms with van der Waals surface area (Å²) in [7, 11) is 0. The molecule has 0 saturated carbocycles. The van der Waals surface area contributed by atoms with E-state index in [9.17, 15) is 0 Å². The predicted octanol–water partition coefficient (Wildman–Crippen LogP) is 4.44. The lowest BCUT2D eigenvalue weighted by atomic mass is 10.1. The van der Waals surface area contributed by atoms with Crippen molar-refractivity contribution in [3.63, 3.8) is 0 Å².